The number of amides is 1. The monoisotopic (exact) mass is 305 g/mol. The van der Waals surface area contributed by atoms with E-state index in [2.05, 4.69) is 23.7 Å². The van der Waals surface area contributed by atoms with E-state index >= 15 is 0 Å². The summed E-state index contributed by atoms with van der Waals surface area (Å²) in [4.78, 5) is 21.1. The molecular formula is C17H27N3O2. The van der Waals surface area contributed by atoms with E-state index in [9.17, 15) is 4.79 Å². The average Bonchev–Trinajstić information content (AvgIpc) is 2.95. The highest BCUT2D eigenvalue weighted by Gasteiger charge is 2.30. The molecule has 1 atom stereocenters. The van der Waals surface area contributed by atoms with Gasteiger partial charge in [0.2, 0.25) is 0 Å². The second kappa shape index (κ2) is 7.09. The highest BCUT2D eigenvalue weighted by molar-refractivity contribution is 5.96. The van der Waals surface area contributed by atoms with Crippen molar-refractivity contribution in [1.29, 1.82) is 0 Å². The van der Waals surface area contributed by atoms with Crippen LogP contribution in [0.2, 0.25) is 0 Å². The van der Waals surface area contributed by atoms with Gasteiger partial charge in [0, 0.05) is 38.4 Å². The maximum Gasteiger partial charge on any atom is 0.257 e. The van der Waals surface area contributed by atoms with Crippen molar-refractivity contribution >= 4 is 5.91 Å². The second-order valence-electron chi connectivity index (χ2n) is 6.49. The van der Waals surface area contributed by atoms with Crippen LogP contribution in [0.5, 0.6) is 5.75 Å². The first-order valence-electron chi connectivity index (χ1n) is 8.02. The predicted molar refractivity (Wildman–Crippen MR) is 87.2 cm³/mol. The molecule has 1 fully saturated rings. The molecule has 1 unspecified atom stereocenters. The van der Waals surface area contributed by atoms with Crippen LogP contribution in [0.25, 0.3) is 0 Å². The molecule has 122 valence electrons. The van der Waals surface area contributed by atoms with Gasteiger partial charge in [0.1, 0.15) is 0 Å². The van der Waals surface area contributed by atoms with Crippen molar-refractivity contribution in [1.82, 2.24) is 14.8 Å². The number of nitrogens with zero attached hydrogens (tertiary/aromatic N) is 3. The van der Waals surface area contributed by atoms with E-state index < -0.39 is 0 Å². The van der Waals surface area contributed by atoms with Gasteiger partial charge in [0.05, 0.1) is 17.9 Å². The molecule has 1 aliphatic heterocycles. The highest BCUT2D eigenvalue weighted by atomic mass is 16.5. The van der Waals surface area contributed by atoms with Crippen LogP contribution in [-0.2, 0) is 0 Å². The van der Waals surface area contributed by atoms with Gasteiger partial charge in [-0.3, -0.25) is 14.7 Å². The van der Waals surface area contributed by atoms with Gasteiger partial charge < -0.3 is 9.64 Å². The fraction of sp³-hybridized carbons (Fsp3) is 0.647. The molecule has 0 bridgehead atoms. The Bertz CT molecular complexity index is 516. The molecule has 5 heteroatoms. The first-order chi connectivity index (χ1) is 10.4. The van der Waals surface area contributed by atoms with Gasteiger partial charge in [0.25, 0.3) is 5.91 Å². The Morgan fingerprint density at radius 1 is 1.41 bits per heavy atom. The van der Waals surface area contributed by atoms with E-state index in [1.54, 1.807) is 18.5 Å². The minimum absolute atomic E-state index is 0.00801. The zero-order chi connectivity index (χ0) is 16.3. The molecule has 1 saturated heterocycles. The number of hydrogen-bond acceptors (Lipinski definition) is 4. The van der Waals surface area contributed by atoms with Crippen molar-refractivity contribution in [3.05, 3.63) is 24.0 Å². The van der Waals surface area contributed by atoms with Gasteiger partial charge >= 0.3 is 0 Å². The quantitative estimate of drug-likeness (QED) is 0.838. The summed E-state index contributed by atoms with van der Waals surface area (Å²) in [6, 6.07) is 2.52. The molecule has 1 amide bonds. The van der Waals surface area contributed by atoms with E-state index in [-0.39, 0.29) is 18.1 Å². The van der Waals surface area contributed by atoms with Gasteiger partial charge in [0.15, 0.2) is 5.75 Å². The Morgan fingerprint density at radius 3 is 2.73 bits per heavy atom. The highest BCUT2D eigenvalue weighted by Crippen LogP contribution is 2.23. The minimum atomic E-state index is 0.00801. The lowest BCUT2D eigenvalue weighted by Gasteiger charge is -2.27. The molecule has 5 nitrogen and oxygen atoms in total. The number of carbonyl (C=O) groups is 1. The fourth-order valence-electron chi connectivity index (χ4n) is 2.81. The summed E-state index contributed by atoms with van der Waals surface area (Å²) in [6.45, 7) is 10.3. The Kier molecular flexibility index (Phi) is 5.40. The molecule has 1 aromatic rings. The molecule has 0 aliphatic carbocycles. The third-order valence-electron chi connectivity index (χ3n) is 4.17. The van der Waals surface area contributed by atoms with E-state index in [0.29, 0.717) is 17.4 Å². The number of likely N-dealkylation sites (N-methyl/N-ethyl adjacent to an activating group) is 1. The third kappa shape index (κ3) is 3.77. The maximum atomic E-state index is 12.8. The Morgan fingerprint density at radius 2 is 2.14 bits per heavy atom. The molecule has 2 rings (SSSR count). The number of ether oxygens (including phenoxy) is 1. The van der Waals surface area contributed by atoms with Crippen LogP contribution in [0, 0.1) is 0 Å². The Labute approximate surface area is 133 Å². The smallest absolute Gasteiger partial charge is 0.257 e. The summed E-state index contributed by atoms with van der Waals surface area (Å²) in [7, 11) is 1.89. The first kappa shape index (κ1) is 16.7. The van der Waals surface area contributed by atoms with Gasteiger partial charge in [-0.2, -0.15) is 0 Å². The number of rotatable bonds is 5. The third-order valence-corrected chi connectivity index (χ3v) is 4.17. The van der Waals surface area contributed by atoms with Crippen molar-refractivity contribution in [3.8, 4) is 5.75 Å². The zero-order valence-corrected chi connectivity index (χ0v) is 14.2. The van der Waals surface area contributed by atoms with Crippen LogP contribution < -0.4 is 4.74 Å². The maximum absolute atomic E-state index is 12.8. The molecule has 0 N–H and O–H groups in total. The largest absolute Gasteiger partial charge is 0.489 e. The summed E-state index contributed by atoms with van der Waals surface area (Å²) in [5.41, 5.74) is 0.592. The van der Waals surface area contributed by atoms with Gasteiger partial charge in [-0.15, -0.1) is 0 Å². The van der Waals surface area contributed by atoms with Gasteiger partial charge in [-0.05, 0) is 40.2 Å². The molecule has 1 aromatic heterocycles. The number of carbonyl (C=O) groups excluding carboxylic acids is 1. The summed E-state index contributed by atoms with van der Waals surface area (Å²) in [5.74, 6) is 0.571. The fourth-order valence-corrected chi connectivity index (χ4v) is 2.81. The Balaban J connectivity index is 2.11. The van der Waals surface area contributed by atoms with E-state index in [1.165, 1.54) is 0 Å². The van der Waals surface area contributed by atoms with Crippen LogP contribution in [0.3, 0.4) is 0 Å². The molecular weight excluding hydrogens is 278 g/mol. The standard InChI is InChI=1S/C17H27N3O2/c1-12(2)20-9-7-14(11-20)19(5)17(21)15-6-8-18-10-16(15)22-13(3)4/h6,8,10,12-14H,7,9,11H2,1-5H3. The number of aromatic nitrogens is 1. The zero-order valence-electron chi connectivity index (χ0n) is 14.2. The van der Waals surface area contributed by atoms with Crippen molar-refractivity contribution in [2.45, 2.75) is 52.3 Å². The Hall–Kier alpha value is -1.62. The van der Waals surface area contributed by atoms with E-state index in [4.69, 9.17) is 4.74 Å². The lowest BCUT2D eigenvalue weighted by Crippen LogP contribution is -2.40. The topological polar surface area (TPSA) is 45.7 Å². The van der Waals surface area contributed by atoms with Crippen molar-refractivity contribution in [3.63, 3.8) is 0 Å². The molecule has 0 spiro atoms. The molecule has 2 heterocycles. The minimum Gasteiger partial charge on any atom is -0.489 e. The number of likely N-dealkylation sites (tertiary alicyclic amines) is 1. The predicted octanol–water partition coefficient (Wildman–Crippen LogP) is 2.42. The van der Waals surface area contributed by atoms with Crippen LogP contribution >= 0.6 is 0 Å². The van der Waals surface area contributed by atoms with Crippen molar-refractivity contribution in [2.75, 3.05) is 20.1 Å². The summed E-state index contributed by atoms with van der Waals surface area (Å²) >= 11 is 0. The van der Waals surface area contributed by atoms with Gasteiger partial charge in [-0.1, -0.05) is 0 Å². The van der Waals surface area contributed by atoms with E-state index in [0.717, 1.165) is 19.5 Å². The van der Waals surface area contributed by atoms with Crippen molar-refractivity contribution in [2.24, 2.45) is 0 Å². The summed E-state index contributed by atoms with van der Waals surface area (Å²) < 4.78 is 5.72. The van der Waals surface area contributed by atoms with E-state index in [1.807, 2.05) is 25.8 Å². The second-order valence-corrected chi connectivity index (χ2v) is 6.49. The first-order valence-corrected chi connectivity index (χ1v) is 8.02. The van der Waals surface area contributed by atoms with Crippen LogP contribution in [0.15, 0.2) is 18.5 Å². The molecule has 0 radical (unpaired) electrons. The molecule has 1 aliphatic rings. The van der Waals surface area contributed by atoms with Crippen molar-refractivity contribution < 1.29 is 9.53 Å². The molecule has 0 aromatic carbocycles. The summed E-state index contributed by atoms with van der Waals surface area (Å²) in [6.07, 6.45) is 4.30. The summed E-state index contributed by atoms with van der Waals surface area (Å²) in [5, 5.41) is 0. The van der Waals surface area contributed by atoms with Gasteiger partial charge in [-0.25, -0.2) is 0 Å². The lowest BCUT2D eigenvalue weighted by atomic mass is 10.1. The lowest BCUT2D eigenvalue weighted by molar-refractivity contribution is 0.0726. The van der Waals surface area contributed by atoms with Crippen LogP contribution in [0.4, 0.5) is 0 Å². The number of pyridine rings is 1. The average molecular weight is 305 g/mol. The van der Waals surface area contributed by atoms with Crippen LogP contribution in [-0.4, -0.2) is 59.0 Å². The molecule has 0 saturated carbocycles. The normalized spacial score (nSPS) is 19.0. The van der Waals surface area contributed by atoms with Crippen LogP contribution in [0.1, 0.15) is 44.5 Å². The SMILES string of the molecule is CC(C)Oc1cnccc1C(=O)N(C)C1CCN(C(C)C)C1. The molecule has 22 heavy (non-hydrogen) atoms. The number of hydrogen-bond donors (Lipinski definition) is 0.